The van der Waals surface area contributed by atoms with Crippen molar-refractivity contribution in [1.29, 1.82) is 5.26 Å². The van der Waals surface area contributed by atoms with Gasteiger partial charge in [0.05, 0.1) is 23.4 Å². The van der Waals surface area contributed by atoms with Crippen molar-refractivity contribution < 1.29 is 14.3 Å². The number of ether oxygens (including phenoxy) is 1. The molecular weight excluding hydrogens is 252 g/mol. The van der Waals surface area contributed by atoms with Crippen molar-refractivity contribution in [3.8, 4) is 6.07 Å². The fourth-order valence-electron chi connectivity index (χ4n) is 1.46. The third kappa shape index (κ3) is 2.08. The van der Waals surface area contributed by atoms with Gasteiger partial charge in [-0.1, -0.05) is 12.1 Å². The van der Waals surface area contributed by atoms with Crippen LogP contribution in [0.25, 0.3) is 10.2 Å². The fourth-order valence-corrected chi connectivity index (χ4v) is 2.47. The largest absolute Gasteiger partial charge is 0.463 e. The van der Waals surface area contributed by atoms with E-state index in [-0.39, 0.29) is 0 Å². The Morgan fingerprint density at radius 1 is 1.44 bits per heavy atom. The Labute approximate surface area is 107 Å². The number of esters is 1. The van der Waals surface area contributed by atoms with Gasteiger partial charge in [0.25, 0.3) is 5.78 Å². The van der Waals surface area contributed by atoms with Crippen LogP contribution in [0.2, 0.25) is 0 Å². The lowest BCUT2D eigenvalue weighted by molar-refractivity contribution is -0.151. The Balaban J connectivity index is 2.42. The lowest BCUT2D eigenvalue weighted by Gasteiger charge is -2.01. The van der Waals surface area contributed by atoms with E-state index in [1.807, 2.05) is 18.2 Å². The van der Waals surface area contributed by atoms with Gasteiger partial charge in [0.1, 0.15) is 5.01 Å². The Bertz CT molecular complexity index is 624. The normalized spacial score (nSPS) is 11.8. The second-order valence-corrected chi connectivity index (χ2v) is 4.50. The number of benzene rings is 1. The molecule has 0 spiro atoms. The summed E-state index contributed by atoms with van der Waals surface area (Å²) in [5.74, 6) is -3.12. The van der Waals surface area contributed by atoms with E-state index >= 15 is 0 Å². The molecule has 0 N–H and O–H groups in total. The minimum Gasteiger partial charge on any atom is -0.463 e. The van der Waals surface area contributed by atoms with Crippen LogP contribution in [0.3, 0.4) is 0 Å². The number of para-hydroxylation sites is 1. The summed E-state index contributed by atoms with van der Waals surface area (Å²) >= 11 is 1.22. The van der Waals surface area contributed by atoms with Crippen LogP contribution in [-0.4, -0.2) is 23.8 Å². The Hall–Kier alpha value is -2.26. The number of aromatic nitrogens is 1. The second-order valence-electron chi connectivity index (χ2n) is 3.44. The van der Waals surface area contributed by atoms with Gasteiger partial charge in [0, 0.05) is 0 Å². The number of hydrogen-bond acceptors (Lipinski definition) is 6. The number of nitrogens with zero attached hydrogens (tertiary/aromatic N) is 2. The predicted molar refractivity (Wildman–Crippen MR) is 65.0 cm³/mol. The molecule has 0 saturated heterocycles. The predicted octanol–water partition coefficient (Wildman–Crippen LogP) is 1.65. The summed E-state index contributed by atoms with van der Waals surface area (Å²) in [6, 6.07) is 9.07. The minimum atomic E-state index is -1.20. The summed E-state index contributed by atoms with van der Waals surface area (Å²) in [5, 5.41) is 9.32. The Kier molecular flexibility index (Phi) is 3.35. The van der Waals surface area contributed by atoms with Crippen molar-refractivity contribution in [3.63, 3.8) is 0 Å². The Morgan fingerprint density at radius 3 is 2.78 bits per heavy atom. The Morgan fingerprint density at radius 2 is 2.17 bits per heavy atom. The molecule has 0 amide bonds. The third-order valence-corrected chi connectivity index (χ3v) is 3.44. The van der Waals surface area contributed by atoms with Crippen LogP contribution >= 0.6 is 11.3 Å². The highest BCUT2D eigenvalue weighted by Gasteiger charge is 2.30. The molecule has 6 heteroatoms. The van der Waals surface area contributed by atoms with Crippen LogP contribution in [0.4, 0.5) is 0 Å². The summed E-state index contributed by atoms with van der Waals surface area (Å²) < 4.78 is 5.19. The van der Waals surface area contributed by atoms with Crippen LogP contribution in [-0.2, 0) is 14.3 Å². The number of ketones is 1. The lowest BCUT2D eigenvalue weighted by Crippen LogP contribution is -2.22. The highest BCUT2D eigenvalue weighted by atomic mass is 32.1. The van der Waals surface area contributed by atoms with E-state index in [0.29, 0.717) is 10.5 Å². The summed E-state index contributed by atoms with van der Waals surface area (Å²) in [7, 11) is 1.10. The number of rotatable bonds is 3. The van der Waals surface area contributed by atoms with Crippen LogP contribution in [0.5, 0.6) is 0 Å². The van der Waals surface area contributed by atoms with E-state index in [1.165, 1.54) is 11.3 Å². The molecule has 2 aromatic rings. The maximum absolute atomic E-state index is 11.7. The van der Waals surface area contributed by atoms with Crippen molar-refractivity contribution in [2.24, 2.45) is 0 Å². The molecule has 0 radical (unpaired) electrons. The van der Waals surface area contributed by atoms with Gasteiger partial charge >= 0.3 is 5.97 Å². The molecule has 0 aliphatic heterocycles. The van der Waals surface area contributed by atoms with Crippen LogP contribution in [0.1, 0.15) is 10.9 Å². The van der Waals surface area contributed by atoms with Gasteiger partial charge in [-0.25, -0.2) is 9.78 Å². The average Bonchev–Trinajstić information content (AvgIpc) is 2.81. The molecule has 0 saturated carbocycles. The highest BCUT2D eigenvalue weighted by Crippen LogP contribution is 2.27. The maximum atomic E-state index is 11.7. The summed E-state index contributed by atoms with van der Waals surface area (Å²) in [6.45, 7) is 0. The van der Waals surface area contributed by atoms with E-state index in [1.54, 1.807) is 12.1 Å². The highest BCUT2D eigenvalue weighted by molar-refractivity contribution is 7.18. The molecule has 90 valence electrons. The van der Waals surface area contributed by atoms with E-state index < -0.39 is 17.7 Å². The molecule has 1 aromatic heterocycles. The molecule has 0 aliphatic rings. The molecule has 2 rings (SSSR count). The van der Waals surface area contributed by atoms with Gasteiger partial charge in [-0.2, -0.15) is 5.26 Å². The fraction of sp³-hybridized carbons (Fsp3) is 0.167. The topological polar surface area (TPSA) is 80.0 Å². The van der Waals surface area contributed by atoms with E-state index in [0.717, 1.165) is 11.8 Å². The van der Waals surface area contributed by atoms with E-state index in [4.69, 9.17) is 5.26 Å². The van der Waals surface area contributed by atoms with Gasteiger partial charge in [-0.3, -0.25) is 4.79 Å². The smallest absolute Gasteiger partial charge is 0.376 e. The molecule has 0 bridgehead atoms. The van der Waals surface area contributed by atoms with Crippen molar-refractivity contribution in [2.75, 3.05) is 7.11 Å². The first-order chi connectivity index (χ1) is 8.67. The quantitative estimate of drug-likeness (QED) is 0.619. The van der Waals surface area contributed by atoms with Crippen molar-refractivity contribution in [2.45, 2.75) is 5.92 Å². The van der Waals surface area contributed by atoms with E-state index in [2.05, 4.69) is 9.72 Å². The molecule has 18 heavy (non-hydrogen) atoms. The van der Waals surface area contributed by atoms with Crippen molar-refractivity contribution >= 4 is 33.3 Å². The number of thiazole rings is 1. The van der Waals surface area contributed by atoms with Gasteiger partial charge in [-0.05, 0) is 12.1 Å². The zero-order valence-corrected chi connectivity index (χ0v) is 10.2. The monoisotopic (exact) mass is 260 g/mol. The van der Waals surface area contributed by atoms with Crippen molar-refractivity contribution in [3.05, 3.63) is 29.3 Å². The van der Waals surface area contributed by atoms with Gasteiger partial charge in [-0.15, -0.1) is 11.3 Å². The molecule has 0 unspecified atom stereocenters. The van der Waals surface area contributed by atoms with Gasteiger partial charge < -0.3 is 4.74 Å². The zero-order chi connectivity index (χ0) is 13.1. The van der Waals surface area contributed by atoms with Crippen LogP contribution < -0.4 is 0 Å². The standard InChI is InChI=1S/C12H8N2O3S/c1-17-12(16)10(15)7(6-13)11-14-8-4-2-3-5-9(8)18-11/h2-5,7H,1H3/t7-/m0/s1. The molecule has 0 fully saturated rings. The summed E-state index contributed by atoms with van der Waals surface area (Å²) in [6.07, 6.45) is 0. The summed E-state index contributed by atoms with van der Waals surface area (Å²) in [4.78, 5) is 27.0. The molecule has 1 heterocycles. The number of carbonyl (C=O) groups is 2. The molecule has 1 atom stereocenters. The average molecular weight is 260 g/mol. The molecule has 0 aliphatic carbocycles. The van der Waals surface area contributed by atoms with Crippen LogP contribution in [0.15, 0.2) is 24.3 Å². The van der Waals surface area contributed by atoms with Crippen LogP contribution in [0, 0.1) is 11.3 Å². The number of fused-ring (bicyclic) bond motifs is 1. The zero-order valence-electron chi connectivity index (χ0n) is 9.41. The molecule has 5 nitrogen and oxygen atoms in total. The number of methoxy groups -OCH3 is 1. The van der Waals surface area contributed by atoms with Gasteiger partial charge in [0.15, 0.2) is 5.92 Å². The molecule has 1 aromatic carbocycles. The second kappa shape index (κ2) is 4.94. The first kappa shape index (κ1) is 12.2. The molecular formula is C12H8N2O3S. The maximum Gasteiger partial charge on any atom is 0.376 e. The first-order valence-electron chi connectivity index (χ1n) is 5.04. The van der Waals surface area contributed by atoms with Gasteiger partial charge in [0.2, 0.25) is 0 Å². The number of carbonyl (C=O) groups excluding carboxylic acids is 2. The number of nitriles is 1. The lowest BCUT2D eigenvalue weighted by atomic mass is 10.1. The van der Waals surface area contributed by atoms with Crippen molar-refractivity contribution in [1.82, 2.24) is 4.98 Å². The third-order valence-electron chi connectivity index (χ3n) is 2.34. The minimum absolute atomic E-state index is 0.314. The first-order valence-corrected chi connectivity index (χ1v) is 5.86. The number of hydrogen-bond donors (Lipinski definition) is 0. The summed E-state index contributed by atoms with van der Waals surface area (Å²) in [5.41, 5.74) is 0.704. The SMILES string of the molecule is COC(=O)C(=O)[C@H](C#N)c1nc2ccccc2s1. The number of Topliss-reactive ketones (excluding diaryl/α,β-unsaturated/α-hetero) is 1. The van der Waals surface area contributed by atoms with E-state index in [9.17, 15) is 9.59 Å².